The van der Waals surface area contributed by atoms with Crippen molar-refractivity contribution in [2.24, 2.45) is 0 Å². The number of unbranched alkanes of at least 4 members (excludes halogenated alkanes) is 3. The molecule has 20 heavy (non-hydrogen) atoms. The van der Waals surface area contributed by atoms with E-state index in [9.17, 15) is 8.42 Å². The highest BCUT2D eigenvalue weighted by atomic mass is 32.2. The van der Waals surface area contributed by atoms with Crippen LogP contribution in [0.1, 0.15) is 32.6 Å². The predicted octanol–water partition coefficient (Wildman–Crippen LogP) is 3.82. The van der Waals surface area contributed by atoms with E-state index in [0.29, 0.717) is 4.90 Å². The van der Waals surface area contributed by atoms with Gasteiger partial charge in [-0.25, -0.2) is 8.42 Å². The first-order chi connectivity index (χ1) is 9.61. The van der Waals surface area contributed by atoms with Crippen molar-refractivity contribution in [2.45, 2.75) is 37.5 Å². The second-order valence-electron chi connectivity index (χ2n) is 4.73. The average molecular weight is 316 g/mol. The normalized spacial score (nSPS) is 11.5. The highest BCUT2D eigenvalue weighted by molar-refractivity contribution is 7.98. The van der Waals surface area contributed by atoms with Crippen molar-refractivity contribution in [1.29, 1.82) is 0 Å². The van der Waals surface area contributed by atoms with E-state index in [1.807, 2.05) is 23.9 Å². The minimum atomic E-state index is -3.15. The Labute approximate surface area is 127 Å². The van der Waals surface area contributed by atoms with E-state index in [1.54, 1.807) is 19.1 Å². The fourth-order valence-electron chi connectivity index (χ4n) is 1.99. The van der Waals surface area contributed by atoms with Crippen molar-refractivity contribution in [1.82, 2.24) is 0 Å². The molecule has 0 unspecified atom stereocenters. The van der Waals surface area contributed by atoms with E-state index in [2.05, 4.69) is 11.6 Å². The maximum atomic E-state index is 12.0. The lowest BCUT2D eigenvalue weighted by Gasteiger charge is -2.11. The molecule has 0 atom stereocenters. The first kappa shape index (κ1) is 17.4. The van der Waals surface area contributed by atoms with E-state index < -0.39 is 9.84 Å². The molecule has 114 valence electrons. The molecule has 0 heterocycles. The number of benzene rings is 1. The molecule has 0 aliphatic carbocycles. The number of anilines is 1. The van der Waals surface area contributed by atoms with Crippen molar-refractivity contribution >= 4 is 27.3 Å². The van der Waals surface area contributed by atoms with Gasteiger partial charge in [0.15, 0.2) is 9.84 Å². The highest BCUT2D eigenvalue weighted by Gasteiger charge is 2.15. The summed E-state index contributed by atoms with van der Waals surface area (Å²) in [5.74, 6) is 1.37. The van der Waals surface area contributed by atoms with Gasteiger partial charge in [-0.3, -0.25) is 0 Å². The van der Waals surface area contributed by atoms with Crippen LogP contribution in [0.15, 0.2) is 29.2 Å². The minimum absolute atomic E-state index is 0.139. The standard InChI is InChI=1S/C15H25NO2S2/c1-3-20(17,18)15-11-7-6-10-14(15)16-12-8-4-5-9-13-19-2/h6-7,10-11,16H,3-5,8-9,12-13H2,1-2H3. The van der Waals surface area contributed by atoms with Crippen LogP contribution in [0, 0.1) is 0 Å². The summed E-state index contributed by atoms with van der Waals surface area (Å²) >= 11 is 1.89. The predicted molar refractivity (Wildman–Crippen MR) is 89.5 cm³/mol. The fourth-order valence-corrected chi connectivity index (χ4v) is 3.55. The molecule has 0 aromatic heterocycles. The Morgan fingerprint density at radius 1 is 1.10 bits per heavy atom. The Bertz CT molecular complexity index is 486. The highest BCUT2D eigenvalue weighted by Crippen LogP contribution is 2.22. The number of thioether (sulfide) groups is 1. The zero-order valence-electron chi connectivity index (χ0n) is 12.4. The summed E-state index contributed by atoms with van der Waals surface area (Å²) in [7, 11) is -3.15. The molecular formula is C15H25NO2S2. The van der Waals surface area contributed by atoms with Crippen LogP contribution in [-0.2, 0) is 9.84 Å². The van der Waals surface area contributed by atoms with Crippen LogP contribution in [0.2, 0.25) is 0 Å². The molecule has 0 bridgehead atoms. The Kier molecular flexibility index (Phi) is 8.07. The number of rotatable bonds is 10. The molecule has 1 N–H and O–H groups in total. The Balaban J connectivity index is 2.45. The summed E-state index contributed by atoms with van der Waals surface area (Å²) in [6.45, 7) is 2.51. The third-order valence-electron chi connectivity index (χ3n) is 3.19. The SMILES string of the molecule is CCS(=O)(=O)c1ccccc1NCCCCCCSC. The molecule has 5 heteroatoms. The van der Waals surface area contributed by atoms with Crippen molar-refractivity contribution < 1.29 is 8.42 Å². The van der Waals surface area contributed by atoms with Gasteiger partial charge in [0, 0.05) is 6.54 Å². The Morgan fingerprint density at radius 2 is 1.80 bits per heavy atom. The van der Waals surface area contributed by atoms with Crippen LogP contribution in [-0.4, -0.2) is 32.7 Å². The molecule has 1 aromatic rings. The van der Waals surface area contributed by atoms with Gasteiger partial charge in [0.25, 0.3) is 0 Å². The molecular weight excluding hydrogens is 290 g/mol. The summed E-state index contributed by atoms with van der Waals surface area (Å²) < 4.78 is 24.0. The summed E-state index contributed by atoms with van der Waals surface area (Å²) in [5.41, 5.74) is 0.735. The van der Waals surface area contributed by atoms with E-state index in [4.69, 9.17) is 0 Å². The van der Waals surface area contributed by atoms with Crippen LogP contribution in [0.3, 0.4) is 0 Å². The maximum Gasteiger partial charge on any atom is 0.180 e. The summed E-state index contributed by atoms with van der Waals surface area (Å²) in [6.07, 6.45) is 6.91. The zero-order chi connectivity index (χ0) is 14.8. The van der Waals surface area contributed by atoms with Crippen molar-refractivity contribution in [3.63, 3.8) is 0 Å². The summed E-state index contributed by atoms with van der Waals surface area (Å²) in [5, 5.41) is 3.26. The van der Waals surface area contributed by atoms with Crippen molar-refractivity contribution in [3.8, 4) is 0 Å². The molecule has 0 saturated carbocycles. The third kappa shape index (κ3) is 5.75. The Hall–Kier alpha value is -0.680. The van der Waals surface area contributed by atoms with Crippen LogP contribution < -0.4 is 5.32 Å². The second kappa shape index (κ2) is 9.29. The van der Waals surface area contributed by atoms with Gasteiger partial charge >= 0.3 is 0 Å². The monoisotopic (exact) mass is 315 g/mol. The number of sulfone groups is 1. The van der Waals surface area contributed by atoms with Gasteiger partial charge in [-0.2, -0.15) is 11.8 Å². The van der Waals surface area contributed by atoms with Gasteiger partial charge < -0.3 is 5.32 Å². The first-order valence-corrected chi connectivity index (χ1v) is 10.2. The lowest BCUT2D eigenvalue weighted by molar-refractivity contribution is 0.597. The molecule has 0 radical (unpaired) electrons. The number of nitrogens with one attached hydrogen (secondary N) is 1. The molecule has 3 nitrogen and oxygen atoms in total. The zero-order valence-corrected chi connectivity index (χ0v) is 14.0. The largest absolute Gasteiger partial charge is 0.384 e. The minimum Gasteiger partial charge on any atom is -0.384 e. The van der Waals surface area contributed by atoms with E-state index in [-0.39, 0.29) is 5.75 Å². The van der Waals surface area contributed by atoms with Gasteiger partial charge in [0.05, 0.1) is 16.3 Å². The van der Waals surface area contributed by atoms with Crippen molar-refractivity contribution in [3.05, 3.63) is 24.3 Å². The summed E-state index contributed by atoms with van der Waals surface area (Å²) in [6, 6.07) is 7.17. The van der Waals surface area contributed by atoms with E-state index >= 15 is 0 Å². The first-order valence-electron chi connectivity index (χ1n) is 7.16. The van der Waals surface area contributed by atoms with Gasteiger partial charge in [0.2, 0.25) is 0 Å². The van der Waals surface area contributed by atoms with Gasteiger partial charge in [-0.1, -0.05) is 31.9 Å². The van der Waals surface area contributed by atoms with E-state index in [0.717, 1.165) is 18.7 Å². The molecule has 0 aliphatic rings. The summed E-state index contributed by atoms with van der Waals surface area (Å²) in [4.78, 5) is 0.421. The van der Waals surface area contributed by atoms with E-state index in [1.165, 1.54) is 25.0 Å². The smallest absolute Gasteiger partial charge is 0.180 e. The fraction of sp³-hybridized carbons (Fsp3) is 0.600. The number of hydrogen-bond donors (Lipinski definition) is 1. The number of para-hydroxylation sites is 1. The second-order valence-corrected chi connectivity index (χ2v) is 7.97. The van der Waals surface area contributed by atoms with Crippen LogP contribution >= 0.6 is 11.8 Å². The van der Waals surface area contributed by atoms with Crippen LogP contribution in [0.25, 0.3) is 0 Å². The average Bonchev–Trinajstić information content (AvgIpc) is 2.46. The molecule has 0 fully saturated rings. The maximum absolute atomic E-state index is 12.0. The van der Waals surface area contributed by atoms with Gasteiger partial charge in [-0.15, -0.1) is 0 Å². The topological polar surface area (TPSA) is 46.2 Å². The molecule has 0 aliphatic heterocycles. The molecule has 0 saturated heterocycles. The lowest BCUT2D eigenvalue weighted by Crippen LogP contribution is -2.10. The van der Waals surface area contributed by atoms with Gasteiger partial charge in [0.1, 0.15) is 0 Å². The quantitative estimate of drug-likeness (QED) is 0.667. The Morgan fingerprint density at radius 3 is 2.50 bits per heavy atom. The van der Waals surface area contributed by atoms with Crippen LogP contribution in [0.4, 0.5) is 5.69 Å². The molecule has 1 rings (SSSR count). The van der Waals surface area contributed by atoms with Gasteiger partial charge in [-0.05, 0) is 37.0 Å². The van der Waals surface area contributed by atoms with Crippen LogP contribution in [0.5, 0.6) is 0 Å². The van der Waals surface area contributed by atoms with Crippen molar-refractivity contribution in [2.75, 3.05) is 29.6 Å². The molecule has 0 spiro atoms. The molecule has 0 amide bonds. The number of hydrogen-bond acceptors (Lipinski definition) is 4. The molecule has 1 aromatic carbocycles. The third-order valence-corrected chi connectivity index (χ3v) is 5.68. The lowest BCUT2D eigenvalue weighted by atomic mass is 10.2.